The first-order valence-corrected chi connectivity index (χ1v) is 6.14. The molecule has 3 heteroatoms. The molecule has 1 aromatic carbocycles. The summed E-state index contributed by atoms with van der Waals surface area (Å²) >= 11 is 0. The van der Waals surface area contributed by atoms with Gasteiger partial charge in [0.1, 0.15) is 0 Å². The van der Waals surface area contributed by atoms with Crippen LogP contribution in [0.5, 0.6) is 0 Å². The number of hydrogen-bond donors (Lipinski definition) is 1. The van der Waals surface area contributed by atoms with E-state index >= 15 is 0 Å². The fourth-order valence-electron chi connectivity index (χ4n) is 1.63. The first-order valence-electron chi connectivity index (χ1n) is 6.14. The lowest BCUT2D eigenvalue weighted by atomic mass is 10.1. The lowest BCUT2D eigenvalue weighted by molar-refractivity contribution is 0.0948. The van der Waals surface area contributed by atoms with Gasteiger partial charge in [-0.1, -0.05) is 25.5 Å². The average molecular weight is 235 g/mol. The second kappa shape index (κ2) is 7.85. The number of methoxy groups -OCH3 is 1. The summed E-state index contributed by atoms with van der Waals surface area (Å²) in [6.45, 7) is 3.48. The van der Waals surface area contributed by atoms with Crippen LogP contribution in [0.3, 0.4) is 0 Å². The van der Waals surface area contributed by atoms with Gasteiger partial charge >= 0.3 is 0 Å². The smallest absolute Gasteiger partial charge is 0.251 e. The molecule has 1 aromatic rings. The molecule has 94 valence electrons. The van der Waals surface area contributed by atoms with Crippen LogP contribution in [0.4, 0.5) is 0 Å². The minimum Gasteiger partial charge on any atom is -0.385 e. The van der Waals surface area contributed by atoms with E-state index in [1.807, 2.05) is 24.3 Å². The SMILES string of the molecule is CCCc1ccc(C(=O)NCCCOC)cc1. The number of benzene rings is 1. The number of aryl methyl sites for hydroxylation is 1. The molecule has 1 rings (SSSR count). The summed E-state index contributed by atoms with van der Waals surface area (Å²) in [5, 5.41) is 2.87. The predicted octanol–water partition coefficient (Wildman–Crippen LogP) is 2.41. The summed E-state index contributed by atoms with van der Waals surface area (Å²) in [7, 11) is 1.66. The Balaban J connectivity index is 2.40. The maximum Gasteiger partial charge on any atom is 0.251 e. The summed E-state index contributed by atoms with van der Waals surface area (Å²) in [4.78, 5) is 11.7. The van der Waals surface area contributed by atoms with Crippen molar-refractivity contribution in [2.24, 2.45) is 0 Å². The van der Waals surface area contributed by atoms with Crippen LogP contribution in [-0.2, 0) is 11.2 Å². The van der Waals surface area contributed by atoms with Gasteiger partial charge in [0.05, 0.1) is 0 Å². The van der Waals surface area contributed by atoms with Crippen molar-refractivity contribution in [2.75, 3.05) is 20.3 Å². The van der Waals surface area contributed by atoms with Crippen LogP contribution in [-0.4, -0.2) is 26.2 Å². The van der Waals surface area contributed by atoms with Gasteiger partial charge in [-0.2, -0.15) is 0 Å². The van der Waals surface area contributed by atoms with Crippen molar-refractivity contribution in [2.45, 2.75) is 26.2 Å². The lowest BCUT2D eigenvalue weighted by Gasteiger charge is -2.05. The Hall–Kier alpha value is -1.35. The largest absolute Gasteiger partial charge is 0.385 e. The normalized spacial score (nSPS) is 10.2. The fraction of sp³-hybridized carbons (Fsp3) is 0.500. The van der Waals surface area contributed by atoms with Crippen molar-refractivity contribution < 1.29 is 9.53 Å². The van der Waals surface area contributed by atoms with E-state index in [-0.39, 0.29) is 5.91 Å². The van der Waals surface area contributed by atoms with Gasteiger partial charge < -0.3 is 10.1 Å². The molecule has 1 N–H and O–H groups in total. The summed E-state index contributed by atoms with van der Waals surface area (Å²) in [6.07, 6.45) is 3.04. The van der Waals surface area contributed by atoms with Gasteiger partial charge in [0.25, 0.3) is 5.91 Å². The van der Waals surface area contributed by atoms with E-state index in [2.05, 4.69) is 12.2 Å². The highest BCUT2D eigenvalue weighted by molar-refractivity contribution is 5.94. The molecule has 0 spiro atoms. The Kier molecular flexibility index (Phi) is 6.33. The average Bonchev–Trinajstić information content (AvgIpc) is 2.36. The number of amides is 1. The summed E-state index contributed by atoms with van der Waals surface area (Å²) in [5.74, 6) is -0.0100. The van der Waals surface area contributed by atoms with Crippen LogP contribution in [0.15, 0.2) is 24.3 Å². The van der Waals surface area contributed by atoms with Crippen molar-refractivity contribution in [1.29, 1.82) is 0 Å². The summed E-state index contributed by atoms with van der Waals surface area (Å²) in [6, 6.07) is 7.81. The highest BCUT2D eigenvalue weighted by Gasteiger charge is 2.03. The first kappa shape index (κ1) is 13.7. The Bertz CT molecular complexity index is 333. The van der Waals surface area contributed by atoms with Gasteiger partial charge in [0.2, 0.25) is 0 Å². The molecule has 0 saturated carbocycles. The van der Waals surface area contributed by atoms with Crippen LogP contribution in [0.25, 0.3) is 0 Å². The molecule has 0 unspecified atom stereocenters. The quantitative estimate of drug-likeness (QED) is 0.737. The zero-order chi connectivity index (χ0) is 12.5. The number of hydrogen-bond acceptors (Lipinski definition) is 2. The van der Waals surface area contributed by atoms with E-state index in [0.29, 0.717) is 13.2 Å². The van der Waals surface area contributed by atoms with Crippen molar-refractivity contribution in [3.8, 4) is 0 Å². The zero-order valence-corrected chi connectivity index (χ0v) is 10.7. The van der Waals surface area contributed by atoms with Gasteiger partial charge in [-0.3, -0.25) is 4.79 Å². The second-order valence-corrected chi connectivity index (χ2v) is 4.05. The molecule has 0 aromatic heterocycles. The van der Waals surface area contributed by atoms with Crippen molar-refractivity contribution in [3.05, 3.63) is 35.4 Å². The third kappa shape index (κ3) is 5.00. The van der Waals surface area contributed by atoms with E-state index in [9.17, 15) is 4.79 Å². The third-order valence-electron chi connectivity index (χ3n) is 2.57. The maximum absolute atomic E-state index is 11.7. The Morgan fingerprint density at radius 2 is 2.00 bits per heavy atom. The number of ether oxygens (including phenoxy) is 1. The molecule has 0 bridgehead atoms. The lowest BCUT2D eigenvalue weighted by Crippen LogP contribution is -2.25. The molecule has 0 radical (unpaired) electrons. The minimum absolute atomic E-state index is 0.0100. The second-order valence-electron chi connectivity index (χ2n) is 4.05. The monoisotopic (exact) mass is 235 g/mol. The van der Waals surface area contributed by atoms with Crippen molar-refractivity contribution in [1.82, 2.24) is 5.32 Å². The molecule has 0 heterocycles. The molecule has 0 aliphatic rings. The number of carbonyl (C=O) groups excluding carboxylic acids is 1. The van der Waals surface area contributed by atoms with E-state index in [1.54, 1.807) is 7.11 Å². The van der Waals surface area contributed by atoms with Crippen molar-refractivity contribution >= 4 is 5.91 Å². The van der Waals surface area contributed by atoms with Crippen molar-refractivity contribution in [3.63, 3.8) is 0 Å². The fourth-order valence-corrected chi connectivity index (χ4v) is 1.63. The van der Waals surface area contributed by atoms with Gasteiger partial charge in [0, 0.05) is 25.8 Å². The predicted molar refractivity (Wildman–Crippen MR) is 69.3 cm³/mol. The molecular formula is C14H21NO2. The Morgan fingerprint density at radius 1 is 1.29 bits per heavy atom. The number of carbonyl (C=O) groups is 1. The maximum atomic E-state index is 11.7. The van der Waals surface area contributed by atoms with Crippen LogP contribution in [0.2, 0.25) is 0 Å². The molecule has 17 heavy (non-hydrogen) atoms. The van der Waals surface area contributed by atoms with Crippen LogP contribution >= 0.6 is 0 Å². The highest BCUT2D eigenvalue weighted by Crippen LogP contribution is 2.06. The van der Waals surface area contributed by atoms with E-state index < -0.39 is 0 Å². The Labute approximate surface area is 103 Å². The molecule has 0 fully saturated rings. The number of rotatable bonds is 7. The van der Waals surface area contributed by atoms with Crippen LogP contribution < -0.4 is 5.32 Å². The summed E-state index contributed by atoms with van der Waals surface area (Å²) in [5.41, 5.74) is 2.01. The first-order chi connectivity index (χ1) is 8.27. The van der Waals surface area contributed by atoms with Crippen LogP contribution in [0, 0.1) is 0 Å². The number of nitrogens with one attached hydrogen (secondary N) is 1. The van der Waals surface area contributed by atoms with E-state index in [0.717, 1.165) is 24.8 Å². The highest BCUT2D eigenvalue weighted by atomic mass is 16.5. The minimum atomic E-state index is -0.0100. The van der Waals surface area contributed by atoms with E-state index in [4.69, 9.17) is 4.74 Å². The standard InChI is InChI=1S/C14H21NO2/c1-3-5-12-6-8-13(9-7-12)14(16)15-10-4-11-17-2/h6-9H,3-5,10-11H2,1-2H3,(H,15,16). The Morgan fingerprint density at radius 3 is 2.59 bits per heavy atom. The van der Waals surface area contributed by atoms with Gasteiger partial charge in [-0.25, -0.2) is 0 Å². The molecule has 0 atom stereocenters. The molecule has 3 nitrogen and oxygen atoms in total. The van der Waals surface area contributed by atoms with E-state index in [1.165, 1.54) is 5.56 Å². The van der Waals surface area contributed by atoms with Gasteiger partial charge in [0.15, 0.2) is 0 Å². The van der Waals surface area contributed by atoms with Gasteiger partial charge in [-0.05, 0) is 30.5 Å². The molecule has 0 saturated heterocycles. The molecule has 1 amide bonds. The molecule has 0 aliphatic carbocycles. The zero-order valence-electron chi connectivity index (χ0n) is 10.7. The van der Waals surface area contributed by atoms with Crippen LogP contribution in [0.1, 0.15) is 35.7 Å². The molecular weight excluding hydrogens is 214 g/mol. The third-order valence-corrected chi connectivity index (χ3v) is 2.57. The molecule has 0 aliphatic heterocycles. The summed E-state index contributed by atoms with van der Waals surface area (Å²) < 4.78 is 4.92. The topological polar surface area (TPSA) is 38.3 Å². The van der Waals surface area contributed by atoms with Gasteiger partial charge in [-0.15, -0.1) is 0 Å².